The number of piperidine rings is 1. The predicted molar refractivity (Wildman–Crippen MR) is 266 cm³/mol. The Morgan fingerprint density at radius 1 is 0.899 bits per heavy atom. The first-order valence-electron chi connectivity index (χ1n) is 25.4. The van der Waals surface area contributed by atoms with Crippen LogP contribution in [0.2, 0.25) is 0 Å². The second kappa shape index (κ2) is 27.6. The quantitative estimate of drug-likeness (QED) is 0.0929. The number of fused-ring (bicyclic) bond motifs is 3. The molecule has 4 rings (SSSR count). The fourth-order valence-electron chi connectivity index (χ4n) is 10.6. The van der Waals surface area contributed by atoms with Gasteiger partial charge < -0.3 is 48.7 Å². The molecule has 3 unspecified atom stereocenters. The number of allylic oxidation sites excluding steroid dienone is 6. The number of hydrogen-bond donors (Lipinski definition) is 3. The maximum absolute atomic E-state index is 14.5. The Labute approximate surface area is 412 Å². The van der Waals surface area contributed by atoms with Crippen molar-refractivity contribution in [2.75, 3.05) is 40.8 Å². The van der Waals surface area contributed by atoms with Crippen LogP contribution in [0.5, 0.6) is 0 Å². The van der Waals surface area contributed by atoms with E-state index in [9.17, 15) is 38.8 Å². The predicted octanol–water partition coefficient (Wildman–Crippen LogP) is 6.92. The van der Waals surface area contributed by atoms with Crippen LogP contribution in [-0.2, 0) is 52.2 Å². The number of methoxy groups -OCH3 is 3. The molecule has 4 aliphatic rings. The number of rotatable bonds is 9. The van der Waals surface area contributed by atoms with E-state index in [1.54, 1.807) is 47.7 Å². The van der Waals surface area contributed by atoms with Crippen LogP contribution in [0.4, 0.5) is 0 Å². The first kappa shape index (κ1) is 58.4. The maximum Gasteiger partial charge on any atom is 0.329 e. The van der Waals surface area contributed by atoms with Crippen LogP contribution in [0.3, 0.4) is 0 Å². The number of hydrogen-bond acceptors (Lipinski definition) is 14. The zero-order chi connectivity index (χ0) is 51.2. The third-order valence-corrected chi connectivity index (χ3v) is 15.8. The molecule has 3 aliphatic heterocycles. The smallest absolute Gasteiger partial charge is 0.329 e. The Kier molecular flexibility index (Phi) is 23.4. The molecule has 15 nitrogen and oxygen atoms in total. The number of Topliss-reactive ketones (excluding diaryl/α,β-unsaturated/α-hetero) is 3. The van der Waals surface area contributed by atoms with Crippen molar-refractivity contribution in [1.82, 2.24) is 10.2 Å². The van der Waals surface area contributed by atoms with Gasteiger partial charge in [-0.25, -0.2) is 4.79 Å². The molecule has 2 bridgehead atoms. The van der Waals surface area contributed by atoms with E-state index >= 15 is 0 Å². The molecule has 0 aromatic carbocycles. The Balaban J connectivity index is 1.70. The van der Waals surface area contributed by atoms with Crippen LogP contribution in [0.1, 0.15) is 126 Å². The summed E-state index contributed by atoms with van der Waals surface area (Å²) >= 11 is 0. The number of nitrogens with one attached hydrogen (secondary N) is 1. The first-order valence-corrected chi connectivity index (χ1v) is 27.5. The average molecular weight is 989 g/mol. The largest absolute Gasteiger partial charge is 0.460 e. The van der Waals surface area contributed by atoms with Crippen molar-refractivity contribution in [3.63, 3.8) is 0 Å². The van der Waals surface area contributed by atoms with Gasteiger partial charge in [0.05, 0.1) is 26.1 Å². The number of carbonyl (C=O) groups is 5. The molecule has 16 atom stereocenters. The lowest BCUT2D eigenvalue weighted by atomic mass is 9.77. The summed E-state index contributed by atoms with van der Waals surface area (Å²) in [4.78, 5) is 72.3. The molecular formula is C53H85N2O13P. The number of nitrogens with zero attached hydrogens (tertiary/aromatic N) is 1. The van der Waals surface area contributed by atoms with Crippen LogP contribution in [0, 0.1) is 35.5 Å². The highest BCUT2D eigenvalue weighted by Gasteiger charge is 2.53. The standard InChI is InChI=1S/C53H85N2O13P/c1-32-17-13-12-14-18-33(2)44(64-8)29-40-22-20-38(7)53(62,68-40)50(59)51(60)55-24-16-15-19-42(55)52(61)67-45(35(4)27-39-21-23-41(46(28-39)65-9)54-31-69(11)63)30-43(56)34(3)26-37(6)48(58)49(66-10)47(57)36(5)25-32/h12-14,17-18,26,32,34-36,38-42,44-46,48-49,54,58,62,69H,15-16,19-25,27-31H2,1-11H3/b14-12+,17-13+,33-18+,37-26+/t32-,34-,35-,36-,38-,39+,40+,41?,42?,44+,45+,46-,48-,49+,53-/m1/s1. The molecule has 3 N–H and O–H groups in total. The van der Waals surface area contributed by atoms with E-state index in [-0.39, 0.29) is 60.9 Å². The first-order chi connectivity index (χ1) is 32.6. The third-order valence-electron chi connectivity index (χ3n) is 15.1. The minimum atomic E-state index is -2.43. The molecule has 1 saturated carbocycles. The van der Waals surface area contributed by atoms with Gasteiger partial charge in [-0.15, -0.1) is 0 Å². The molecule has 1 amide bonds. The molecule has 0 spiro atoms. The van der Waals surface area contributed by atoms with Crippen molar-refractivity contribution in [2.24, 2.45) is 35.5 Å². The summed E-state index contributed by atoms with van der Waals surface area (Å²) in [7, 11) is 2.90. The van der Waals surface area contributed by atoms with Crippen LogP contribution in [-0.4, -0.2) is 140 Å². The fourth-order valence-corrected chi connectivity index (χ4v) is 11.2. The summed E-state index contributed by atoms with van der Waals surface area (Å²) in [6.07, 6.45) is 12.9. The number of aliphatic hydroxyl groups excluding tert-OH is 1. The van der Waals surface area contributed by atoms with E-state index < -0.39 is 85.6 Å². The fraction of sp³-hybridized carbons (Fsp3) is 0.755. The molecule has 1 aliphatic carbocycles. The van der Waals surface area contributed by atoms with Gasteiger partial charge in [-0.3, -0.25) is 19.2 Å². The molecule has 390 valence electrons. The summed E-state index contributed by atoms with van der Waals surface area (Å²) in [6, 6.07) is -1.10. The summed E-state index contributed by atoms with van der Waals surface area (Å²) in [6.45, 7) is 14.5. The van der Waals surface area contributed by atoms with E-state index in [0.29, 0.717) is 63.2 Å². The van der Waals surface area contributed by atoms with Crippen molar-refractivity contribution in [2.45, 2.75) is 180 Å². The van der Waals surface area contributed by atoms with Crippen LogP contribution >= 0.6 is 7.80 Å². The molecule has 16 heteroatoms. The average Bonchev–Trinajstić information content (AvgIpc) is 3.32. The lowest BCUT2D eigenvalue weighted by Crippen LogP contribution is -2.61. The SMILES string of the molecule is CO[C@H]1C[C@@H]2CC[C@@H](C)[C@@](O)(O2)C(=O)C(=O)N2CCCCC2C(=O)O[C@H]([C@H](C)C[C@@H]2CCC(NC[PH](C)=O)[C@H](OC)C2)CC(=O)[C@H](C)/C=C(\C)[C@@H](O)[C@@H](OC)C(=O)[C@H](C)C[C@H](C)/C=C/C=C/C=C/1C. The topological polar surface area (TPSA) is 204 Å². The highest BCUT2D eigenvalue weighted by molar-refractivity contribution is 7.43. The molecule has 69 heavy (non-hydrogen) atoms. The number of ether oxygens (including phenoxy) is 5. The minimum absolute atomic E-state index is 0.0164. The molecule has 2 saturated heterocycles. The minimum Gasteiger partial charge on any atom is -0.460 e. The number of aliphatic hydroxyl groups is 2. The van der Waals surface area contributed by atoms with Crippen molar-refractivity contribution in [3.8, 4) is 0 Å². The Morgan fingerprint density at radius 3 is 2.29 bits per heavy atom. The second-order valence-electron chi connectivity index (χ2n) is 20.7. The highest BCUT2D eigenvalue weighted by Crippen LogP contribution is 2.38. The summed E-state index contributed by atoms with van der Waals surface area (Å²) in [5.74, 6) is -7.90. The van der Waals surface area contributed by atoms with Crippen LogP contribution < -0.4 is 5.32 Å². The Morgan fingerprint density at radius 2 is 1.62 bits per heavy atom. The lowest BCUT2D eigenvalue weighted by Gasteiger charge is -2.42. The number of carbonyl (C=O) groups excluding carboxylic acids is 5. The second-order valence-corrected chi connectivity index (χ2v) is 22.5. The van der Waals surface area contributed by atoms with E-state index in [1.165, 1.54) is 12.0 Å². The van der Waals surface area contributed by atoms with Gasteiger partial charge in [-0.2, -0.15) is 0 Å². The molecule has 0 aromatic rings. The van der Waals surface area contributed by atoms with Crippen LogP contribution in [0.15, 0.2) is 47.6 Å². The zero-order valence-electron chi connectivity index (χ0n) is 43.3. The zero-order valence-corrected chi connectivity index (χ0v) is 44.3. The monoisotopic (exact) mass is 989 g/mol. The summed E-state index contributed by atoms with van der Waals surface area (Å²) in [5, 5.41) is 26.9. The van der Waals surface area contributed by atoms with Gasteiger partial charge in [-0.1, -0.05) is 71.1 Å². The molecular weight excluding hydrogens is 904 g/mol. The number of ketones is 3. The van der Waals surface area contributed by atoms with Gasteiger partial charge in [0.15, 0.2) is 5.78 Å². The lowest BCUT2D eigenvalue weighted by molar-refractivity contribution is -0.265. The molecule has 3 fully saturated rings. The van der Waals surface area contributed by atoms with Gasteiger partial charge in [0.25, 0.3) is 11.7 Å². The van der Waals surface area contributed by atoms with E-state index in [0.717, 1.165) is 18.4 Å². The van der Waals surface area contributed by atoms with Crippen molar-refractivity contribution < 1.29 is 62.4 Å². The summed E-state index contributed by atoms with van der Waals surface area (Å²) < 4.78 is 41.8. The molecule has 0 radical (unpaired) electrons. The van der Waals surface area contributed by atoms with Gasteiger partial charge >= 0.3 is 5.97 Å². The van der Waals surface area contributed by atoms with Crippen molar-refractivity contribution in [3.05, 3.63) is 47.6 Å². The van der Waals surface area contributed by atoms with Crippen molar-refractivity contribution >= 4 is 37.0 Å². The molecule has 0 aromatic heterocycles. The van der Waals surface area contributed by atoms with Gasteiger partial charge in [0, 0.05) is 70.8 Å². The normalized spacial score (nSPS) is 39.2. The Hall–Kier alpha value is -3.14. The van der Waals surface area contributed by atoms with Crippen molar-refractivity contribution in [1.29, 1.82) is 0 Å². The molecule has 3 heterocycles. The van der Waals surface area contributed by atoms with E-state index in [1.807, 2.05) is 58.1 Å². The van der Waals surface area contributed by atoms with Gasteiger partial charge in [0.1, 0.15) is 30.1 Å². The van der Waals surface area contributed by atoms with E-state index in [4.69, 9.17) is 23.7 Å². The number of cyclic esters (lactones) is 1. The number of amides is 1. The van der Waals surface area contributed by atoms with Gasteiger partial charge in [-0.05, 0) is 114 Å². The highest BCUT2D eigenvalue weighted by atomic mass is 31.1. The maximum atomic E-state index is 14.5. The summed E-state index contributed by atoms with van der Waals surface area (Å²) in [5.41, 5.74) is 1.27. The third kappa shape index (κ3) is 16.2. The van der Waals surface area contributed by atoms with Crippen LogP contribution in [0.25, 0.3) is 0 Å². The Bertz CT molecular complexity index is 1900. The van der Waals surface area contributed by atoms with Gasteiger partial charge in [0.2, 0.25) is 5.79 Å². The number of esters is 1. The van der Waals surface area contributed by atoms with E-state index in [2.05, 4.69) is 5.32 Å².